The van der Waals surface area contributed by atoms with E-state index in [-0.39, 0.29) is 0 Å². The Kier molecular flexibility index (Phi) is 6.66. The van der Waals surface area contributed by atoms with Crippen LogP contribution in [0.1, 0.15) is 36.6 Å². The molecule has 5 rings (SSSR count). The van der Waals surface area contributed by atoms with Crippen LogP contribution in [0.15, 0.2) is 67.1 Å². The summed E-state index contributed by atoms with van der Waals surface area (Å²) < 4.78 is 8.10. The first-order chi connectivity index (χ1) is 17.0. The summed E-state index contributed by atoms with van der Waals surface area (Å²) in [6, 6.07) is 18.6. The first-order valence-corrected chi connectivity index (χ1v) is 12.1. The van der Waals surface area contributed by atoms with Gasteiger partial charge in [-0.05, 0) is 47.6 Å². The zero-order valence-corrected chi connectivity index (χ0v) is 20.4. The minimum atomic E-state index is -0.514. The van der Waals surface area contributed by atoms with E-state index in [9.17, 15) is 5.02 Å². The largest absolute Gasteiger partial charge is 0.489 e. The van der Waals surface area contributed by atoms with Crippen LogP contribution in [0, 0.1) is 0 Å². The summed E-state index contributed by atoms with van der Waals surface area (Å²) in [5, 5.41) is 15.1. The maximum absolute atomic E-state index is 10.2. The average Bonchev–Trinajstić information content (AvgIpc) is 3.27. The summed E-state index contributed by atoms with van der Waals surface area (Å²) in [5.74, 6) is 1.34. The van der Waals surface area contributed by atoms with E-state index in [2.05, 4.69) is 60.2 Å². The standard InChI is InChI=1S/C27H30BN5O2/c1-19(2)21-6-4-20(5-7-21)17-35-23-10-8-22(9-11-23)26-25-16-32(28(3)34)14-15-33(25)31-27(26)24-12-13-29-18-30-24/h4-13,18-19,34H,14-17H2,1-3H3. The number of hydrogen-bond donors (Lipinski definition) is 1. The minimum absolute atomic E-state index is 0.514. The maximum atomic E-state index is 10.2. The molecule has 3 heterocycles. The fourth-order valence-electron chi connectivity index (χ4n) is 4.45. The van der Waals surface area contributed by atoms with Gasteiger partial charge in [0.1, 0.15) is 24.4 Å². The number of rotatable bonds is 7. The van der Waals surface area contributed by atoms with Gasteiger partial charge in [-0.2, -0.15) is 5.10 Å². The molecule has 1 aliphatic rings. The highest BCUT2D eigenvalue weighted by Crippen LogP contribution is 2.36. The van der Waals surface area contributed by atoms with E-state index in [0.29, 0.717) is 19.1 Å². The molecule has 1 N–H and O–H groups in total. The van der Waals surface area contributed by atoms with Crippen molar-refractivity contribution in [3.05, 3.63) is 83.9 Å². The van der Waals surface area contributed by atoms with Crippen molar-refractivity contribution in [1.82, 2.24) is 24.6 Å². The molecular weight excluding hydrogens is 437 g/mol. The zero-order chi connectivity index (χ0) is 24.4. The van der Waals surface area contributed by atoms with Crippen LogP contribution < -0.4 is 4.74 Å². The Hall–Kier alpha value is -3.49. The normalized spacial score (nSPS) is 13.6. The van der Waals surface area contributed by atoms with Crippen LogP contribution >= 0.6 is 0 Å². The second-order valence-electron chi connectivity index (χ2n) is 9.30. The van der Waals surface area contributed by atoms with Crippen molar-refractivity contribution < 1.29 is 9.76 Å². The second kappa shape index (κ2) is 10.0. The van der Waals surface area contributed by atoms with Crippen molar-refractivity contribution in [2.75, 3.05) is 6.54 Å². The monoisotopic (exact) mass is 467 g/mol. The van der Waals surface area contributed by atoms with Gasteiger partial charge in [0.2, 0.25) is 0 Å². The molecule has 2 aromatic heterocycles. The number of nitrogens with zero attached hydrogens (tertiary/aromatic N) is 5. The molecule has 0 unspecified atom stereocenters. The summed E-state index contributed by atoms with van der Waals surface area (Å²) in [7, 11) is -0.514. The highest BCUT2D eigenvalue weighted by molar-refractivity contribution is 6.45. The molecule has 0 spiro atoms. The lowest BCUT2D eigenvalue weighted by atomic mass is 9.83. The summed E-state index contributed by atoms with van der Waals surface area (Å²) in [6.45, 7) is 8.81. The Morgan fingerprint density at radius 1 is 1.03 bits per heavy atom. The number of fused-ring (bicyclic) bond motifs is 1. The molecule has 1 aliphatic heterocycles. The molecular formula is C27H30BN5O2. The predicted molar refractivity (Wildman–Crippen MR) is 138 cm³/mol. The van der Waals surface area contributed by atoms with Gasteiger partial charge >= 0.3 is 7.05 Å². The molecule has 0 fully saturated rings. The van der Waals surface area contributed by atoms with Crippen molar-refractivity contribution in [2.45, 2.75) is 46.3 Å². The van der Waals surface area contributed by atoms with Crippen LogP contribution in [0.2, 0.25) is 6.82 Å². The Morgan fingerprint density at radius 3 is 2.46 bits per heavy atom. The summed E-state index contributed by atoms with van der Waals surface area (Å²) in [4.78, 5) is 10.6. The van der Waals surface area contributed by atoms with E-state index in [0.717, 1.165) is 52.6 Å². The minimum Gasteiger partial charge on any atom is -0.489 e. The number of hydrogen-bond acceptors (Lipinski definition) is 6. The van der Waals surface area contributed by atoms with Gasteiger partial charge in [0.05, 0.1) is 17.9 Å². The van der Waals surface area contributed by atoms with E-state index in [1.54, 1.807) is 19.3 Å². The van der Waals surface area contributed by atoms with Crippen LogP contribution in [0.25, 0.3) is 22.5 Å². The quantitative estimate of drug-likeness (QED) is 0.400. The average molecular weight is 467 g/mol. The van der Waals surface area contributed by atoms with Crippen LogP contribution in [-0.2, 0) is 19.7 Å². The summed E-state index contributed by atoms with van der Waals surface area (Å²) in [6.07, 6.45) is 3.28. The molecule has 0 radical (unpaired) electrons. The van der Waals surface area contributed by atoms with Gasteiger partial charge in [0.25, 0.3) is 0 Å². The summed E-state index contributed by atoms with van der Waals surface area (Å²) in [5.41, 5.74) is 7.24. The smallest absolute Gasteiger partial charge is 0.376 e. The van der Waals surface area contributed by atoms with Gasteiger partial charge in [0, 0.05) is 24.8 Å². The molecule has 0 saturated carbocycles. The fourth-order valence-corrected chi connectivity index (χ4v) is 4.45. The van der Waals surface area contributed by atoms with E-state index >= 15 is 0 Å². The Balaban J connectivity index is 1.41. The third kappa shape index (κ3) is 4.99. The van der Waals surface area contributed by atoms with Gasteiger partial charge in [-0.25, -0.2) is 9.97 Å². The lowest BCUT2D eigenvalue weighted by Crippen LogP contribution is -2.42. The van der Waals surface area contributed by atoms with Crippen molar-refractivity contribution in [1.29, 1.82) is 0 Å². The highest BCUT2D eigenvalue weighted by atomic mass is 16.5. The number of ether oxygens (including phenoxy) is 1. The molecule has 7 nitrogen and oxygen atoms in total. The Bertz CT molecular complexity index is 1270. The number of aromatic nitrogens is 4. The van der Waals surface area contributed by atoms with Crippen molar-refractivity contribution >= 4 is 7.05 Å². The van der Waals surface area contributed by atoms with Crippen LogP contribution in [0.3, 0.4) is 0 Å². The Labute approximate surface area is 206 Å². The topological polar surface area (TPSA) is 76.3 Å². The third-order valence-electron chi connectivity index (χ3n) is 6.56. The van der Waals surface area contributed by atoms with Gasteiger partial charge in [0.15, 0.2) is 0 Å². The molecule has 2 aromatic carbocycles. The lowest BCUT2D eigenvalue weighted by molar-refractivity contribution is 0.295. The second-order valence-corrected chi connectivity index (χ2v) is 9.30. The van der Waals surface area contributed by atoms with Crippen LogP contribution in [0.4, 0.5) is 0 Å². The molecule has 8 heteroatoms. The van der Waals surface area contributed by atoms with E-state index in [4.69, 9.17) is 9.84 Å². The molecule has 4 aromatic rings. The van der Waals surface area contributed by atoms with Crippen LogP contribution in [-0.4, -0.2) is 43.2 Å². The fraction of sp³-hybridized carbons (Fsp3) is 0.296. The van der Waals surface area contributed by atoms with Crippen molar-refractivity contribution in [2.24, 2.45) is 0 Å². The predicted octanol–water partition coefficient (Wildman–Crippen LogP) is 4.64. The van der Waals surface area contributed by atoms with Crippen LogP contribution in [0.5, 0.6) is 5.75 Å². The molecule has 0 atom stereocenters. The van der Waals surface area contributed by atoms with Gasteiger partial charge in [-0.1, -0.05) is 50.2 Å². The molecule has 0 saturated heterocycles. The third-order valence-corrected chi connectivity index (χ3v) is 6.56. The van der Waals surface area contributed by atoms with E-state index < -0.39 is 7.05 Å². The first-order valence-electron chi connectivity index (χ1n) is 12.1. The molecule has 178 valence electrons. The van der Waals surface area contributed by atoms with Gasteiger partial charge < -0.3 is 14.6 Å². The highest BCUT2D eigenvalue weighted by Gasteiger charge is 2.29. The SMILES string of the molecule is CB(O)N1CCn2nc(-c3ccncn3)c(-c3ccc(OCc4ccc(C(C)C)cc4)cc3)c2C1. The first kappa shape index (κ1) is 23.3. The van der Waals surface area contributed by atoms with Crippen molar-refractivity contribution in [3.63, 3.8) is 0 Å². The van der Waals surface area contributed by atoms with Crippen molar-refractivity contribution in [3.8, 4) is 28.3 Å². The maximum Gasteiger partial charge on any atom is 0.376 e. The molecule has 0 bridgehead atoms. The summed E-state index contributed by atoms with van der Waals surface area (Å²) >= 11 is 0. The van der Waals surface area contributed by atoms with E-state index in [1.807, 2.05) is 27.7 Å². The number of benzene rings is 2. The molecule has 0 aliphatic carbocycles. The Morgan fingerprint density at radius 2 is 1.80 bits per heavy atom. The van der Waals surface area contributed by atoms with Gasteiger partial charge in [-0.15, -0.1) is 0 Å². The molecule has 0 amide bonds. The van der Waals surface area contributed by atoms with Gasteiger partial charge in [-0.3, -0.25) is 4.68 Å². The lowest BCUT2D eigenvalue weighted by Gasteiger charge is -2.29. The zero-order valence-electron chi connectivity index (χ0n) is 20.4. The molecule has 35 heavy (non-hydrogen) atoms. The van der Waals surface area contributed by atoms with E-state index in [1.165, 1.54) is 5.56 Å².